The summed E-state index contributed by atoms with van der Waals surface area (Å²) in [5.74, 6) is 0. The lowest BCUT2D eigenvalue weighted by Crippen LogP contribution is -3.00. The van der Waals surface area contributed by atoms with Crippen molar-refractivity contribution in [1.82, 2.24) is 0 Å². The van der Waals surface area contributed by atoms with Crippen molar-refractivity contribution in [3.63, 3.8) is 0 Å². The third-order valence-electron chi connectivity index (χ3n) is 3.05. The first kappa shape index (κ1) is 16.1. The molecule has 0 aromatic carbocycles. The Bertz CT molecular complexity index is 248. The fraction of sp³-hybridized carbons (Fsp3) is 0.667. The van der Waals surface area contributed by atoms with Crippen molar-refractivity contribution in [3.8, 4) is 0 Å². The molecule has 0 amide bonds. The maximum atomic E-state index is 2.27. The average Bonchev–Trinajstić information content (AvgIpc) is 2.34. The van der Waals surface area contributed by atoms with Crippen LogP contribution in [0.2, 0.25) is 0 Å². The molecule has 98 valence electrons. The highest BCUT2D eigenvalue weighted by molar-refractivity contribution is 4.83. The van der Waals surface area contributed by atoms with Gasteiger partial charge in [-0.15, -0.1) is 0 Å². The number of pyridine rings is 1. The van der Waals surface area contributed by atoms with Crippen LogP contribution < -0.4 is 9.27 Å². The van der Waals surface area contributed by atoms with E-state index < -0.39 is 0 Å². The summed E-state index contributed by atoms with van der Waals surface area (Å²) < 4.78 is 2.27. The number of nitrogens with zero attached hydrogens (tertiary/aromatic N) is 1. The standard InChI is InChI=1S/C15H26N.FH/c1-2-3-4-5-6-7-8-10-13-16-14-11-9-12-15-16;/h9,11-12,14-15H,2-8,10,13H2,1H3;1H/q+1;/p-1. The second-order valence-electron chi connectivity index (χ2n) is 4.59. The van der Waals surface area contributed by atoms with Gasteiger partial charge >= 0.3 is 0 Å². The van der Waals surface area contributed by atoms with Crippen LogP contribution in [0.5, 0.6) is 0 Å². The van der Waals surface area contributed by atoms with E-state index in [1.54, 1.807) is 0 Å². The van der Waals surface area contributed by atoms with Gasteiger partial charge in [-0.05, 0) is 6.42 Å². The lowest BCUT2D eigenvalue weighted by Gasteiger charge is -2.00. The Morgan fingerprint density at radius 2 is 1.24 bits per heavy atom. The molecule has 1 rings (SSSR count). The Hall–Kier alpha value is -0.920. The van der Waals surface area contributed by atoms with E-state index >= 15 is 0 Å². The largest absolute Gasteiger partial charge is 1.00 e. The molecule has 0 spiro atoms. The van der Waals surface area contributed by atoms with Gasteiger partial charge in [0.1, 0.15) is 6.54 Å². The Labute approximate surface area is 105 Å². The fourth-order valence-electron chi connectivity index (χ4n) is 2.01. The zero-order valence-corrected chi connectivity index (χ0v) is 11.1. The summed E-state index contributed by atoms with van der Waals surface area (Å²) in [5.41, 5.74) is 0. The molecule has 0 saturated heterocycles. The first-order valence-corrected chi connectivity index (χ1v) is 6.87. The minimum Gasteiger partial charge on any atom is -1.00 e. The van der Waals surface area contributed by atoms with Crippen molar-refractivity contribution in [2.24, 2.45) is 0 Å². The van der Waals surface area contributed by atoms with Crippen molar-refractivity contribution in [1.29, 1.82) is 0 Å². The van der Waals surface area contributed by atoms with E-state index in [-0.39, 0.29) is 4.70 Å². The summed E-state index contributed by atoms with van der Waals surface area (Å²) in [6, 6.07) is 6.28. The molecule has 0 N–H and O–H groups in total. The Morgan fingerprint density at radius 3 is 1.82 bits per heavy atom. The number of halogens is 1. The molecule has 0 bridgehead atoms. The van der Waals surface area contributed by atoms with Crippen LogP contribution in [0.3, 0.4) is 0 Å². The van der Waals surface area contributed by atoms with Crippen molar-refractivity contribution in [2.45, 2.75) is 64.8 Å². The molecule has 0 saturated carbocycles. The van der Waals surface area contributed by atoms with Gasteiger partial charge in [-0.25, -0.2) is 4.57 Å². The smallest absolute Gasteiger partial charge is 0.168 e. The second kappa shape index (κ2) is 11.6. The molecule has 0 radical (unpaired) electrons. The first-order valence-electron chi connectivity index (χ1n) is 6.87. The predicted molar refractivity (Wildman–Crippen MR) is 69.2 cm³/mol. The monoisotopic (exact) mass is 239 g/mol. The summed E-state index contributed by atoms with van der Waals surface area (Å²) in [5, 5.41) is 0. The molecule has 0 fully saturated rings. The molecular formula is C15H26FN. The minimum absolute atomic E-state index is 0. The van der Waals surface area contributed by atoms with E-state index in [4.69, 9.17) is 0 Å². The van der Waals surface area contributed by atoms with Gasteiger partial charge in [0.25, 0.3) is 0 Å². The average molecular weight is 239 g/mol. The van der Waals surface area contributed by atoms with Crippen molar-refractivity contribution in [3.05, 3.63) is 30.6 Å². The molecule has 1 aromatic rings. The highest BCUT2D eigenvalue weighted by atomic mass is 19.0. The molecular weight excluding hydrogens is 213 g/mol. The van der Waals surface area contributed by atoms with Gasteiger partial charge in [-0.2, -0.15) is 0 Å². The number of aryl methyl sites for hydroxylation is 1. The lowest BCUT2D eigenvalue weighted by atomic mass is 10.1. The van der Waals surface area contributed by atoms with Crippen LogP contribution in [0.1, 0.15) is 58.3 Å². The van der Waals surface area contributed by atoms with Crippen LogP contribution in [-0.2, 0) is 6.54 Å². The van der Waals surface area contributed by atoms with E-state index in [0.717, 1.165) is 0 Å². The van der Waals surface area contributed by atoms with Gasteiger partial charge in [0.05, 0.1) is 0 Å². The number of hydrogen-bond donors (Lipinski definition) is 0. The molecule has 0 unspecified atom stereocenters. The predicted octanol–water partition coefficient (Wildman–Crippen LogP) is 1.12. The fourth-order valence-corrected chi connectivity index (χ4v) is 2.01. The first-order chi connectivity index (χ1) is 7.93. The molecule has 17 heavy (non-hydrogen) atoms. The van der Waals surface area contributed by atoms with Gasteiger partial charge in [0, 0.05) is 18.6 Å². The Kier molecular flexibility index (Phi) is 10.9. The number of rotatable bonds is 9. The molecule has 1 heterocycles. The number of aromatic nitrogens is 1. The van der Waals surface area contributed by atoms with Crippen molar-refractivity contribution >= 4 is 0 Å². The molecule has 2 heteroatoms. The highest BCUT2D eigenvalue weighted by Gasteiger charge is 1.97. The highest BCUT2D eigenvalue weighted by Crippen LogP contribution is 2.08. The zero-order valence-electron chi connectivity index (χ0n) is 11.1. The third kappa shape index (κ3) is 8.84. The quantitative estimate of drug-likeness (QED) is 0.449. The molecule has 1 nitrogen and oxygen atoms in total. The van der Waals surface area contributed by atoms with Crippen LogP contribution in [0.4, 0.5) is 0 Å². The van der Waals surface area contributed by atoms with E-state index in [0.29, 0.717) is 0 Å². The summed E-state index contributed by atoms with van der Waals surface area (Å²) in [6.45, 7) is 3.45. The summed E-state index contributed by atoms with van der Waals surface area (Å²) in [7, 11) is 0. The van der Waals surface area contributed by atoms with E-state index in [9.17, 15) is 0 Å². The van der Waals surface area contributed by atoms with Crippen molar-refractivity contribution in [2.75, 3.05) is 0 Å². The van der Waals surface area contributed by atoms with Gasteiger partial charge < -0.3 is 4.70 Å². The Morgan fingerprint density at radius 1 is 0.706 bits per heavy atom. The van der Waals surface area contributed by atoms with Crippen LogP contribution in [0, 0.1) is 0 Å². The Balaban J connectivity index is 0.00000256. The van der Waals surface area contributed by atoms with Crippen LogP contribution in [-0.4, -0.2) is 0 Å². The summed E-state index contributed by atoms with van der Waals surface area (Å²) in [4.78, 5) is 0. The third-order valence-corrected chi connectivity index (χ3v) is 3.05. The number of unbranched alkanes of at least 4 members (excludes halogenated alkanes) is 7. The second-order valence-corrected chi connectivity index (χ2v) is 4.59. The summed E-state index contributed by atoms with van der Waals surface area (Å²) in [6.07, 6.45) is 15.5. The molecule has 0 aliphatic heterocycles. The van der Waals surface area contributed by atoms with Gasteiger partial charge in [0.15, 0.2) is 12.4 Å². The van der Waals surface area contributed by atoms with Crippen LogP contribution >= 0.6 is 0 Å². The molecule has 1 aromatic heterocycles. The van der Waals surface area contributed by atoms with Gasteiger partial charge in [-0.3, -0.25) is 0 Å². The van der Waals surface area contributed by atoms with Gasteiger partial charge in [0.2, 0.25) is 0 Å². The maximum absolute atomic E-state index is 2.27. The minimum atomic E-state index is 0. The maximum Gasteiger partial charge on any atom is 0.168 e. The topological polar surface area (TPSA) is 3.88 Å². The van der Waals surface area contributed by atoms with Crippen LogP contribution in [0.25, 0.3) is 0 Å². The molecule has 0 aliphatic carbocycles. The SMILES string of the molecule is CCCCCCCCCC[n+]1ccccc1.[F-]. The number of hydrogen-bond acceptors (Lipinski definition) is 0. The molecule has 0 atom stereocenters. The summed E-state index contributed by atoms with van der Waals surface area (Å²) >= 11 is 0. The van der Waals surface area contributed by atoms with Gasteiger partial charge in [-0.1, -0.05) is 51.5 Å². The van der Waals surface area contributed by atoms with E-state index in [2.05, 4.69) is 42.1 Å². The van der Waals surface area contributed by atoms with Crippen LogP contribution in [0.15, 0.2) is 30.6 Å². The van der Waals surface area contributed by atoms with E-state index in [1.165, 1.54) is 57.9 Å². The van der Waals surface area contributed by atoms with E-state index in [1.807, 2.05) is 0 Å². The normalized spacial score (nSPS) is 9.94. The lowest BCUT2D eigenvalue weighted by molar-refractivity contribution is -0.697. The zero-order chi connectivity index (χ0) is 11.5. The van der Waals surface area contributed by atoms with Crippen molar-refractivity contribution < 1.29 is 9.27 Å². The molecule has 0 aliphatic rings.